The van der Waals surface area contributed by atoms with E-state index in [4.69, 9.17) is 10.5 Å². The minimum atomic E-state index is -0.107. The summed E-state index contributed by atoms with van der Waals surface area (Å²) in [6, 6.07) is 7.13. The van der Waals surface area contributed by atoms with E-state index in [0.717, 1.165) is 49.5 Å². The Morgan fingerprint density at radius 3 is 2.64 bits per heavy atom. The number of benzene rings is 1. The van der Waals surface area contributed by atoms with Gasteiger partial charge >= 0.3 is 0 Å². The number of hydrogen-bond acceptors (Lipinski definition) is 8. The highest BCUT2D eigenvalue weighted by Gasteiger charge is 2.29. The van der Waals surface area contributed by atoms with Crippen LogP contribution < -0.4 is 26.4 Å². The van der Waals surface area contributed by atoms with E-state index >= 15 is 0 Å². The molecule has 0 saturated carbocycles. The lowest BCUT2D eigenvalue weighted by Gasteiger charge is -2.39. The SMILES string of the molecule is CC1=C(NC(C)C(NC(C)C)NC(C)N)c2ccc(C3CN(CCCN=O)C3)cc2OCC1. The molecule has 8 heteroatoms. The summed E-state index contributed by atoms with van der Waals surface area (Å²) >= 11 is 0. The van der Waals surface area contributed by atoms with E-state index in [1.165, 1.54) is 11.1 Å². The van der Waals surface area contributed by atoms with Crippen LogP contribution in [0.3, 0.4) is 0 Å². The summed E-state index contributed by atoms with van der Waals surface area (Å²) in [7, 11) is 0. The summed E-state index contributed by atoms with van der Waals surface area (Å²) in [6.07, 6.45) is 1.66. The average Bonchev–Trinajstić information content (AvgIpc) is 2.87. The molecule has 1 saturated heterocycles. The molecule has 1 aromatic rings. The van der Waals surface area contributed by atoms with Crippen molar-refractivity contribution in [1.82, 2.24) is 20.9 Å². The molecule has 2 aliphatic rings. The van der Waals surface area contributed by atoms with Crippen molar-refractivity contribution in [1.29, 1.82) is 0 Å². The summed E-state index contributed by atoms with van der Waals surface area (Å²) in [5.41, 5.74) is 10.9. The van der Waals surface area contributed by atoms with E-state index in [-0.39, 0.29) is 18.4 Å². The molecular weight excluding hydrogens is 416 g/mol. The highest BCUT2D eigenvalue weighted by molar-refractivity contribution is 5.73. The first-order valence-corrected chi connectivity index (χ1v) is 12.3. The molecule has 3 atom stereocenters. The molecule has 3 unspecified atom stereocenters. The van der Waals surface area contributed by atoms with E-state index in [1.807, 2.05) is 6.92 Å². The molecule has 3 rings (SSSR count). The number of rotatable bonds is 12. The molecule has 8 nitrogen and oxygen atoms in total. The fourth-order valence-corrected chi connectivity index (χ4v) is 4.60. The maximum atomic E-state index is 10.3. The first-order valence-electron chi connectivity index (χ1n) is 12.3. The Morgan fingerprint density at radius 2 is 1.97 bits per heavy atom. The van der Waals surface area contributed by atoms with E-state index in [2.05, 4.69) is 71.9 Å². The van der Waals surface area contributed by atoms with Crippen molar-refractivity contribution in [3.05, 3.63) is 39.8 Å². The number of fused-ring (bicyclic) bond motifs is 1. The molecule has 0 amide bonds. The smallest absolute Gasteiger partial charge is 0.128 e. The van der Waals surface area contributed by atoms with Crippen molar-refractivity contribution >= 4 is 5.70 Å². The van der Waals surface area contributed by atoms with Gasteiger partial charge in [0, 0.05) is 49.3 Å². The number of nitrogens with one attached hydrogen (secondary N) is 3. The molecule has 2 heterocycles. The van der Waals surface area contributed by atoms with Gasteiger partial charge in [0.05, 0.1) is 31.5 Å². The quantitative estimate of drug-likeness (QED) is 0.217. The molecule has 0 bridgehead atoms. The highest BCUT2D eigenvalue weighted by Crippen LogP contribution is 2.36. The normalized spacial score (nSPS) is 19.8. The number of nitroso groups, excluding NO2 is 1. The first kappa shape index (κ1) is 25.6. The fraction of sp³-hybridized carbons (Fsp3) is 0.680. The Labute approximate surface area is 198 Å². The third kappa shape index (κ3) is 6.99. The van der Waals surface area contributed by atoms with Crippen molar-refractivity contribution in [2.45, 2.75) is 77.8 Å². The molecule has 33 heavy (non-hydrogen) atoms. The molecule has 1 aromatic carbocycles. The predicted molar refractivity (Wildman–Crippen MR) is 135 cm³/mol. The number of nitrogens with two attached hydrogens (primary N) is 1. The number of likely N-dealkylation sites (tertiary alicyclic amines) is 1. The van der Waals surface area contributed by atoms with Crippen LogP contribution in [0.2, 0.25) is 0 Å². The van der Waals surface area contributed by atoms with Gasteiger partial charge in [-0.2, -0.15) is 4.91 Å². The van der Waals surface area contributed by atoms with Crippen LogP contribution in [0.15, 0.2) is 28.9 Å². The molecular formula is C25H42N6O2. The Kier molecular flexibility index (Phi) is 9.26. The van der Waals surface area contributed by atoms with Crippen molar-refractivity contribution in [2.24, 2.45) is 10.9 Å². The van der Waals surface area contributed by atoms with Gasteiger partial charge < -0.3 is 20.7 Å². The minimum absolute atomic E-state index is 0.0348. The summed E-state index contributed by atoms with van der Waals surface area (Å²) < 4.78 is 6.19. The Hall–Kier alpha value is -2.00. The van der Waals surface area contributed by atoms with Gasteiger partial charge in [-0.1, -0.05) is 11.2 Å². The molecule has 5 N–H and O–H groups in total. The topological polar surface area (TPSA) is 104 Å². The molecule has 0 radical (unpaired) electrons. The van der Waals surface area contributed by atoms with Gasteiger partial charge in [-0.15, -0.1) is 0 Å². The molecule has 0 spiro atoms. The standard InChI is InChI=1S/C25H42N6O2/c1-16(2)28-25(30-19(5)26)18(4)29-24-17(3)9-12-33-23-13-20(7-8-22(23)24)21-14-31(15-21)11-6-10-27-32/h7-8,13,16,18-19,21,25,28-30H,6,9-12,14-15,26H2,1-5H3. The fourth-order valence-electron chi connectivity index (χ4n) is 4.60. The van der Waals surface area contributed by atoms with E-state index in [0.29, 0.717) is 25.1 Å². The zero-order chi connectivity index (χ0) is 24.0. The van der Waals surface area contributed by atoms with Crippen LogP contribution in [0.4, 0.5) is 0 Å². The molecule has 184 valence electrons. The van der Waals surface area contributed by atoms with Gasteiger partial charge in [0.1, 0.15) is 5.75 Å². The van der Waals surface area contributed by atoms with Crippen LogP contribution in [0.25, 0.3) is 5.70 Å². The Balaban J connectivity index is 1.72. The van der Waals surface area contributed by atoms with Crippen LogP contribution in [0.1, 0.15) is 64.5 Å². The monoisotopic (exact) mass is 458 g/mol. The van der Waals surface area contributed by atoms with Gasteiger partial charge in [0.2, 0.25) is 0 Å². The second-order valence-electron chi connectivity index (χ2n) is 9.86. The number of ether oxygens (including phenoxy) is 1. The zero-order valence-electron chi connectivity index (χ0n) is 20.9. The maximum Gasteiger partial charge on any atom is 0.128 e. The lowest BCUT2D eigenvalue weighted by Crippen LogP contribution is -2.59. The Morgan fingerprint density at radius 1 is 1.21 bits per heavy atom. The van der Waals surface area contributed by atoms with Crippen molar-refractivity contribution in [3.63, 3.8) is 0 Å². The lowest BCUT2D eigenvalue weighted by atomic mass is 9.89. The number of hydrogen-bond donors (Lipinski definition) is 4. The maximum absolute atomic E-state index is 10.3. The van der Waals surface area contributed by atoms with Crippen LogP contribution >= 0.6 is 0 Å². The number of nitrogens with zero attached hydrogens (tertiary/aromatic N) is 2. The third-order valence-electron chi connectivity index (χ3n) is 6.42. The van der Waals surface area contributed by atoms with E-state index < -0.39 is 0 Å². The van der Waals surface area contributed by atoms with Gasteiger partial charge in [0.15, 0.2) is 0 Å². The summed E-state index contributed by atoms with van der Waals surface area (Å²) in [5, 5.41) is 13.7. The second-order valence-corrected chi connectivity index (χ2v) is 9.86. The molecule has 0 aromatic heterocycles. The van der Waals surface area contributed by atoms with Gasteiger partial charge in [-0.05, 0) is 64.3 Å². The summed E-state index contributed by atoms with van der Waals surface area (Å²) in [6.45, 7) is 14.7. The minimum Gasteiger partial charge on any atom is -0.493 e. The Bertz CT molecular complexity index is 809. The van der Waals surface area contributed by atoms with Crippen LogP contribution in [0.5, 0.6) is 5.75 Å². The third-order valence-corrected chi connectivity index (χ3v) is 6.42. The lowest BCUT2D eigenvalue weighted by molar-refractivity contribution is 0.147. The van der Waals surface area contributed by atoms with Gasteiger partial charge in [0.25, 0.3) is 0 Å². The first-order chi connectivity index (χ1) is 15.8. The highest BCUT2D eigenvalue weighted by atomic mass is 16.5. The van der Waals surface area contributed by atoms with Crippen molar-refractivity contribution in [3.8, 4) is 5.75 Å². The van der Waals surface area contributed by atoms with E-state index in [9.17, 15) is 4.91 Å². The van der Waals surface area contributed by atoms with Gasteiger partial charge in [-0.25, -0.2) is 0 Å². The molecule has 1 fully saturated rings. The summed E-state index contributed by atoms with van der Waals surface area (Å²) in [5.74, 6) is 1.47. The van der Waals surface area contributed by atoms with Crippen LogP contribution in [-0.2, 0) is 0 Å². The van der Waals surface area contributed by atoms with Crippen molar-refractivity contribution < 1.29 is 4.74 Å². The van der Waals surface area contributed by atoms with Gasteiger partial charge in [-0.3, -0.25) is 10.6 Å². The predicted octanol–water partition coefficient (Wildman–Crippen LogP) is 2.95. The average molecular weight is 459 g/mol. The van der Waals surface area contributed by atoms with Crippen LogP contribution in [0, 0.1) is 4.91 Å². The zero-order valence-corrected chi connectivity index (χ0v) is 20.9. The van der Waals surface area contributed by atoms with Crippen molar-refractivity contribution in [2.75, 3.05) is 32.8 Å². The van der Waals surface area contributed by atoms with Crippen LogP contribution in [-0.4, -0.2) is 62.1 Å². The van der Waals surface area contributed by atoms with E-state index in [1.54, 1.807) is 0 Å². The summed E-state index contributed by atoms with van der Waals surface area (Å²) in [4.78, 5) is 12.7. The molecule has 2 aliphatic heterocycles. The largest absolute Gasteiger partial charge is 0.493 e. The molecule has 0 aliphatic carbocycles. The second kappa shape index (κ2) is 11.9.